The van der Waals surface area contributed by atoms with Gasteiger partial charge in [-0.25, -0.2) is 15.8 Å². The molecule has 19 heavy (non-hydrogen) atoms. The summed E-state index contributed by atoms with van der Waals surface area (Å²) in [6.45, 7) is -0.0368. The number of hydrazine groups is 1. The highest BCUT2D eigenvalue weighted by Crippen LogP contribution is 2.17. The number of aliphatic hydroxyl groups excluding tert-OH is 1. The number of nitrogens with two attached hydrogens (primary N) is 1. The maximum atomic E-state index is 12.4. The van der Waals surface area contributed by atoms with E-state index >= 15 is 0 Å². The molecule has 0 amide bonds. The topological polar surface area (TPSA) is 87.3 Å². The van der Waals surface area contributed by atoms with Crippen molar-refractivity contribution in [1.29, 1.82) is 0 Å². The van der Waals surface area contributed by atoms with Crippen molar-refractivity contribution in [1.82, 2.24) is 14.9 Å². The van der Waals surface area contributed by atoms with Crippen molar-refractivity contribution in [2.75, 3.05) is 25.1 Å². The van der Waals surface area contributed by atoms with Crippen LogP contribution >= 0.6 is 0 Å². The Morgan fingerprint density at radius 3 is 2.63 bits per heavy atom. The third kappa shape index (κ3) is 5.81. The lowest BCUT2D eigenvalue weighted by atomic mass is 10.3. The number of halogens is 3. The molecule has 0 aliphatic heterocycles. The van der Waals surface area contributed by atoms with E-state index in [-0.39, 0.29) is 25.5 Å². The van der Waals surface area contributed by atoms with E-state index in [0.717, 1.165) is 4.90 Å². The molecule has 6 nitrogen and oxygen atoms in total. The molecule has 108 valence electrons. The lowest BCUT2D eigenvalue weighted by molar-refractivity contribution is -0.148. The predicted molar refractivity (Wildman–Crippen MR) is 63.0 cm³/mol. The zero-order valence-corrected chi connectivity index (χ0v) is 10.4. The molecule has 0 spiro atoms. The van der Waals surface area contributed by atoms with Crippen LogP contribution in [-0.4, -0.2) is 45.8 Å². The van der Waals surface area contributed by atoms with Crippen molar-refractivity contribution < 1.29 is 18.3 Å². The van der Waals surface area contributed by atoms with E-state index in [2.05, 4.69) is 15.4 Å². The molecule has 0 atom stereocenters. The van der Waals surface area contributed by atoms with E-state index in [1.54, 1.807) is 13.0 Å². The fraction of sp³-hybridized carbons (Fsp3) is 0.600. The number of hydrogen-bond donors (Lipinski definition) is 3. The summed E-state index contributed by atoms with van der Waals surface area (Å²) < 4.78 is 37.1. The van der Waals surface area contributed by atoms with E-state index in [1.165, 1.54) is 0 Å². The number of nitrogens with one attached hydrogen (secondary N) is 1. The Labute approximate surface area is 108 Å². The second-order valence-electron chi connectivity index (χ2n) is 4.00. The number of hydrogen-bond acceptors (Lipinski definition) is 6. The number of nitrogen functional groups attached to an aromatic ring is 1. The average Bonchev–Trinajstić information content (AvgIpc) is 2.26. The molecule has 0 aromatic carbocycles. The molecule has 0 saturated heterocycles. The van der Waals surface area contributed by atoms with Crippen molar-refractivity contribution in [3.63, 3.8) is 0 Å². The first kappa shape index (κ1) is 15.6. The maximum absolute atomic E-state index is 12.4. The van der Waals surface area contributed by atoms with Crippen LogP contribution in [0.25, 0.3) is 0 Å². The van der Waals surface area contributed by atoms with Gasteiger partial charge in [0.15, 0.2) is 0 Å². The van der Waals surface area contributed by atoms with Crippen LogP contribution < -0.4 is 11.3 Å². The van der Waals surface area contributed by atoms with Gasteiger partial charge in [0.2, 0.25) is 0 Å². The van der Waals surface area contributed by atoms with E-state index in [4.69, 9.17) is 10.9 Å². The van der Waals surface area contributed by atoms with Gasteiger partial charge in [-0.15, -0.1) is 0 Å². The molecule has 0 aliphatic rings. The van der Waals surface area contributed by atoms with E-state index in [9.17, 15) is 13.2 Å². The summed E-state index contributed by atoms with van der Waals surface area (Å²) >= 11 is 0. The van der Waals surface area contributed by atoms with Crippen molar-refractivity contribution in [3.05, 3.63) is 17.6 Å². The van der Waals surface area contributed by atoms with E-state index in [1.807, 2.05) is 0 Å². The van der Waals surface area contributed by atoms with Gasteiger partial charge in [0.05, 0.1) is 19.7 Å². The largest absolute Gasteiger partial charge is 0.401 e. The first-order valence-corrected chi connectivity index (χ1v) is 5.55. The van der Waals surface area contributed by atoms with Crippen molar-refractivity contribution in [2.45, 2.75) is 19.6 Å². The maximum Gasteiger partial charge on any atom is 0.401 e. The molecule has 9 heteroatoms. The predicted octanol–water partition coefficient (Wildman–Crippen LogP) is 0.427. The van der Waals surface area contributed by atoms with Gasteiger partial charge in [-0.2, -0.15) is 13.2 Å². The Kier molecular flexibility index (Phi) is 5.45. The quantitative estimate of drug-likeness (QED) is 0.517. The zero-order chi connectivity index (χ0) is 14.5. The van der Waals surface area contributed by atoms with Crippen molar-refractivity contribution >= 4 is 5.82 Å². The molecule has 1 aromatic heterocycles. The molecular formula is C10H16F3N5O. The SMILES string of the molecule is Cc1cc(NN)nc(CN(CCO)CC(F)(F)F)n1. The minimum Gasteiger partial charge on any atom is -0.395 e. The van der Waals surface area contributed by atoms with Crippen LogP contribution in [0.4, 0.5) is 19.0 Å². The molecule has 0 unspecified atom stereocenters. The molecule has 0 bridgehead atoms. The van der Waals surface area contributed by atoms with Crippen LogP contribution in [-0.2, 0) is 6.54 Å². The summed E-state index contributed by atoms with van der Waals surface area (Å²) in [5, 5.41) is 8.78. The van der Waals surface area contributed by atoms with Crippen LogP contribution in [0, 0.1) is 6.92 Å². The van der Waals surface area contributed by atoms with Crippen LogP contribution in [0.5, 0.6) is 0 Å². The summed E-state index contributed by atoms with van der Waals surface area (Å²) in [6, 6.07) is 1.57. The summed E-state index contributed by atoms with van der Waals surface area (Å²) in [7, 11) is 0. The first-order chi connectivity index (χ1) is 8.84. The lowest BCUT2D eigenvalue weighted by Crippen LogP contribution is -2.36. The number of rotatable bonds is 6. The molecule has 1 rings (SSSR count). The third-order valence-corrected chi connectivity index (χ3v) is 2.23. The number of nitrogens with zero attached hydrogens (tertiary/aromatic N) is 3. The van der Waals surface area contributed by atoms with Gasteiger partial charge in [0.25, 0.3) is 0 Å². The highest BCUT2D eigenvalue weighted by molar-refractivity contribution is 5.33. The van der Waals surface area contributed by atoms with Crippen LogP contribution in [0.15, 0.2) is 6.07 Å². The van der Waals surface area contributed by atoms with Gasteiger partial charge >= 0.3 is 6.18 Å². The summed E-state index contributed by atoms with van der Waals surface area (Å²) in [5.74, 6) is 5.75. The van der Waals surface area contributed by atoms with Gasteiger partial charge in [0.1, 0.15) is 11.6 Å². The minimum atomic E-state index is -4.34. The number of aliphatic hydroxyl groups is 1. The zero-order valence-electron chi connectivity index (χ0n) is 10.4. The van der Waals surface area contributed by atoms with Crippen molar-refractivity contribution in [3.8, 4) is 0 Å². The number of alkyl halides is 3. The molecule has 1 aromatic rings. The van der Waals surface area contributed by atoms with Gasteiger partial charge < -0.3 is 10.5 Å². The Hall–Kier alpha value is -1.45. The normalized spacial score (nSPS) is 11.9. The molecule has 0 radical (unpaired) electrons. The third-order valence-electron chi connectivity index (χ3n) is 2.23. The Balaban J connectivity index is 2.80. The Morgan fingerprint density at radius 2 is 2.11 bits per heavy atom. The van der Waals surface area contributed by atoms with Gasteiger partial charge in [0, 0.05) is 18.3 Å². The lowest BCUT2D eigenvalue weighted by Gasteiger charge is -2.22. The standard InChI is InChI=1S/C10H16F3N5O/c1-7-4-8(17-14)16-9(15-7)5-18(2-3-19)6-10(11,12)13/h4,19H,2-3,5-6,14H2,1H3,(H,15,16,17). The summed E-state index contributed by atoms with van der Waals surface area (Å²) in [6.07, 6.45) is -4.34. The molecule has 0 aliphatic carbocycles. The summed E-state index contributed by atoms with van der Waals surface area (Å²) in [4.78, 5) is 9.03. The number of anilines is 1. The molecule has 4 N–H and O–H groups in total. The first-order valence-electron chi connectivity index (χ1n) is 5.55. The average molecular weight is 279 g/mol. The second-order valence-corrected chi connectivity index (χ2v) is 4.00. The molecule has 0 saturated carbocycles. The highest BCUT2D eigenvalue weighted by Gasteiger charge is 2.30. The van der Waals surface area contributed by atoms with Crippen LogP contribution in [0.1, 0.15) is 11.5 Å². The Morgan fingerprint density at radius 1 is 1.42 bits per heavy atom. The van der Waals surface area contributed by atoms with E-state index < -0.39 is 12.7 Å². The highest BCUT2D eigenvalue weighted by atomic mass is 19.4. The van der Waals surface area contributed by atoms with Gasteiger partial charge in [-0.3, -0.25) is 4.90 Å². The monoisotopic (exact) mass is 279 g/mol. The Bertz CT molecular complexity index is 413. The van der Waals surface area contributed by atoms with Gasteiger partial charge in [-0.1, -0.05) is 0 Å². The minimum absolute atomic E-state index is 0.109. The van der Waals surface area contributed by atoms with Crippen molar-refractivity contribution in [2.24, 2.45) is 5.84 Å². The van der Waals surface area contributed by atoms with Crippen LogP contribution in [0.3, 0.4) is 0 Å². The smallest absolute Gasteiger partial charge is 0.395 e. The van der Waals surface area contributed by atoms with Crippen LogP contribution in [0.2, 0.25) is 0 Å². The molecule has 1 heterocycles. The molecule has 0 fully saturated rings. The van der Waals surface area contributed by atoms with Gasteiger partial charge in [-0.05, 0) is 6.92 Å². The summed E-state index contributed by atoms with van der Waals surface area (Å²) in [5.41, 5.74) is 2.91. The fourth-order valence-electron chi connectivity index (χ4n) is 1.58. The molecular weight excluding hydrogens is 263 g/mol. The number of aryl methyl sites for hydroxylation is 1. The number of aromatic nitrogens is 2. The van der Waals surface area contributed by atoms with E-state index in [0.29, 0.717) is 11.5 Å². The second kappa shape index (κ2) is 6.64. The fourth-order valence-corrected chi connectivity index (χ4v) is 1.58.